The first-order valence-electron chi connectivity index (χ1n) is 15.2. The Kier molecular flexibility index (Phi) is 10.2. The largest absolute Gasteiger partial charge is 0.494 e. The van der Waals surface area contributed by atoms with Crippen LogP contribution in [0.15, 0.2) is 97.2 Å². The summed E-state index contributed by atoms with van der Waals surface area (Å²) in [5.41, 5.74) is 1.81. The van der Waals surface area contributed by atoms with Gasteiger partial charge in [-0.3, -0.25) is 19.3 Å². The number of rotatable bonds is 11. The maximum absolute atomic E-state index is 13.6. The Balaban J connectivity index is 1.32. The first-order valence-corrected chi connectivity index (χ1v) is 15.2. The fourth-order valence-electron chi connectivity index (χ4n) is 5.75. The lowest BCUT2D eigenvalue weighted by Crippen LogP contribution is -2.37. The number of nitrogens with zero attached hydrogens (tertiary/aromatic N) is 3. The van der Waals surface area contributed by atoms with E-state index in [1.54, 1.807) is 53.6 Å². The molecular formula is C36H34F3N3O5. The Bertz CT molecular complexity index is 1700. The molecule has 0 aliphatic carbocycles. The number of halogens is 3. The number of anilines is 1. The molecule has 47 heavy (non-hydrogen) atoms. The molecule has 3 aromatic carbocycles. The fourth-order valence-corrected chi connectivity index (χ4v) is 5.75. The predicted octanol–water partition coefficient (Wildman–Crippen LogP) is 6.95. The van der Waals surface area contributed by atoms with Gasteiger partial charge in [0.15, 0.2) is 0 Å². The topological polar surface area (TPSA) is 100 Å². The first-order chi connectivity index (χ1) is 22.5. The molecule has 4 aromatic rings. The van der Waals surface area contributed by atoms with Crippen molar-refractivity contribution in [1.82, 2.24) is 9.88 Å². The molecule has 0 saturated heterocycles. The summed E-state index contributed by atoms with van der Waals surface area (Å²) in [7, 11) is 0. The number of aliphatic carboxylic acids is 1. The third-order valence-electron chi connectivity index (χ3n) is 8.18. The van der Waals surface area contributed by atoms with Crippen molar-refractivity contribution in [2.75, 3.05) is 18.1 Å². The van der Waals surface area contributed by atoms with Crippen molar-refractivity contribution in [3.63, 3.8) is 0 Å². The van der Waals surface area contributed by atoms with Crippen LogP contribution in [0.3, 0.4) is 0 Å². The van der Waals surface area contributed by atoms with Gasteiger partial charge in [0.2, 0.25) is 5.91 Å². The first kappa shape index (κ1) is 33.2. The normalized spacial score (nSPS) is 16.3. The van der Waals surface area contributed by atoms with Gasteiger partial charge >= 0.3 is 12.1 Å². The van der Waals surface area contributed by atoms with Crippen LogP contribution >= 0.6 is 0 Å². The lowest BCUT2D eigenvalue weighted by molar-refractivity contribution is -0.145. The number of carboxylic acids is 1. The molecule has 1 aliphatic rings. The summed E-state index contributed by atoms with van der Waals surface area (Å²) in [6.45, 7) is 2.44. The van der Waals surface area contributed by atoms with Crippen LogP contribution in [0.4, 0.5) is 19.0 Å². The zero-order chi connectivity index (χ0) is 33.6. The van der Waals surface area contributed by atoms with E-state index in [4.69, 9.17) is 4.74 Å². The molecule has 1 aliphatic heterocycles. The van der Waals surface area contributed by atoms with Crippen LogP contribution in [0.1, 0.15) is 58.4 Å². The van der Waals surface area contributed by atoms with Gasteiger partial charge in [-0.05, 0) is 85.0 Å². The molecule has 0 saturated carbocycles. The van der Waals surface area contributed by atoms with Crippen LogP contribution in [-0.4, -0.2) is 45.9 Å². The summed E-state index contributed by atoms with van der Waals surface area (Å²) in [4.78, 5) is 46.1. The predicted molar refractivity (Wildman–Crippen MR) is 169 cm³/mol. The lowest BCUT2D eigenvalue weighted by atomic mass is 9.93. The number of ether oxygens (including phenoxy) is 1. The van der Waals surface area contributed by atoms with Crippen LogP contribution in [0.2, 0.25) is 0 Å². The van der Waals surface area contributed by atoms with Crippen molar-refractivity contribution in [2.24, 2.45) is 5.92 Å². The van der Waals surface area contributed by atoms with Gasteiger partial charge in [0.05, 0.1) is 30.6 Å². The molecule has 2 amide bonds. The van der Waals surface area contributed by atoms with Crippen molar-refractivity contribution < 1.29 is 37.4 Å². The molecule has 0 bridgehead atoms. The van der Waals surface area contributed by atoms with Gasteiger partial charge in [0, 0.05) is 24.8 Å². The summed E-state index contributed by atoms with van der Waals surface area (Å²) >= 11 is 0. The molecule has 2 atom stereocenters. The maximum Gasteiger partial charge on any atom is 0.416 e. The highest BCUT2D eigenvalue weighted by atomic mass is 19.4. The molecule has 244 valence electrons. The highest BCUT2D eigenvalue weighted by Crippen LogP contribution is 2.36. The van der Waals surface area contributed by atoms with Gasteiger partial charge in [0.1, 0.15) is 11.6 Å². The van der Waals surface area contributed by atoms with Gasteiger partial charge in [-0.15, -0.1) is 0 Å². The van der Waals surface area contributed by atoms with Crippen molar-refractivity contribution in [1.29, 1.82) is 0 Å². The smallest absolute Gasteiger partial charge is 0.416 e. The second-order valence-corrected chi connectivity index (χ2v) is 11.4. The van der Waals surface area contributed by atoms with Crippen LogP contribution in [0.5, 0.6) is 5.75 Å². The minimum absolute atomic E-state index is 0.0115. The van der Waals surface area contributed by atoms with E-state index in [-0.39, 0.29) is 37.8 Å². The van der Waals surface area contributed by atoms with Crippen molar-refractivity contribution in [2.45, 2.75) is 44.9 Å². The minimum Gasteiger partial charge on any atom is -0.494 e. The van der Waals surface area contributed by atoms with E-state index in [0.29, 0.717) is 35.7 Å². The maximum atomic E-state index is 13.6. The Morgan fingerprint density at radius 2 is 1.72 bits per heavy atom. The van der Waals surface area contributed by atoms with E-state index < -0.39 is 29.7 Å². The van der Waals surface area contributed by atoms with Crippen LogP contribution in [0.25, 0.3) is 0 Å². The average molecular weight is 646 g/mol. The van der Waals surface area contributed by atoms with Gasteiger partial charge in [0.25, 0.3) is 5.91 Å². The molecule has 0 spiro atoms. The zero-order valence-corrected chi connectivity index (χ0v) is 25.7. The van der Waals surface area contributed by atoms with E-state index in [0.717, 1.165) is 23.3 Å². The zero-order valence-electron chi connectivity index (χ0n) is 25.7. The van der Waals surface area contributed by atoms with E-state index in [2.05, 4.69) is 4.98 Å². The number of carbonyl (C=O) groups is 3. The van der Waals surface area contributed by atoms with Crippen LogP contribution in [0, 0.1) is 5.92 Å². The van der Waals surface area contributed by atoms with Gasteiger partial charge in [-0.2, -0.15) is 13.2 Å². The third-order valence-corrected chi connectivity index (χ3v) is 8.18. The Morgan fingerprint density at radius 1 is 1.00 bits per heavy atom. The third kappa shape index (κ3) is 8.16. The number of amides is 2. The van der Waals surface area contributed by atoms with Crippen LogP contribution in [-0.2, 0) is 28.7 Å². The lowest BCUT2D eigenvalue weighted by Gasteiger charge is -2.30. The monoisotopic (exact) mass is 645 g/mol. The number of carboxylic acid groups (broad SMARTS) is 1. The van der Waals surface area contributed by atoms with E-state index in [9.17, 15) is 32.7 Å². The van der Waals surface area contributed by atoms with E-state index in [1.807, 2.05) is 31.2 Å². The summed E-state index contributed by atoms with van der Waals surface area (Å²) in [6, 6.07) is 23.8. The van der Waals surface area contributed by atoms with Crippen molar-refractivity contribution in [3.8, 4) is 5.75 Å². The molecule has 11 heteroatoms. The number of hydrogen-bond acceptors (Lipinski definition) is 5. The second kappa shape index (κ2) is 14.5. The summed E-state index contributed by atoms with van der Waals surface area (Å²) in [5, 5.41) is 9.52. The fraction of sp³-hybridized carbons (Fsp3) is 0.278. The van der Waals surface area contributed by atoms with E-state index in [1.165, 1.54) is 17.0 Å². The van der Waals surface area contributed by atoms with Gasteiger partial charge in [-0.1, -0.05) is 42.5 Å². The number of carbonyl (C=O) groups excluding carboxylic acids is 2. The highest BCUT2D eigenvalue weighted by Gasteiger charge is 2.36. The number of pyridine rings is 1. The summed E-state index contributed by atoms with van der Waals surface area (Å²) in [5.74, 6) is -1.45. The second-order valence-electron chi connectivity index (χ2n) is 11.4. The summed E-state index contributed by atoms with van der Waals surface area (Å²) < 4.78 is 45.4. The molecular weight excluding hydrogens is 611 g/mol. The van der Waals surface area contributed by atoms with Gasteiger partial charge in [-0.25, -0.2) is 4.98 Å². The minimum atomic E-state index is -4.49. The number of hydrogen-bond donors (Lipinski definition) is 1. The number of fused-ring (bicyclic) bond motifs is 1. The Labute approximate surface area is 270 Å². The quantitative estimate of drug-likeness (QED) is 0.177. The number of aromatic nitrogens is 1. The number of benzene rings is 3. The Hall–Kier alpha value is -5.19. The van der Waals surface area contributed by atoms with Crippen molar-refractivity contribution in [3.05, 3.63) is 125 Å². The average Bonchev–Trinajstić information content (AvgIpc) is 3.15. The summed E-state index contributed by atoms with van der Waals surface area (Å²) in [6.07, 6.45) is -2.54. The highest BCUT2D eigenvalue weighted by molar-refractivity contribution is 6.05. The molecule has 1 N–H and O–H groups in total. The Morgan fingerprint density at radius 3 is 2.38 bits per heavy atom. The SMILES string of the molecule is CC1c2cc(OCCCN(C(=O)c3ccccc3)c3ccccn3)ccc2CC(CC(=O)O)C(=O)N1Cc1ccc(C(F)(F)F)cc1. The molecule has 5 rings (SSSR count). The molecule has 8 nitrogen and oxygen atoms in total. The molecule has 0 radical (unpaired) electrons. The molecule has 2 unspecified atom stereocenters. The van der Waals surface area contributed by atoms with Crippen LogP contribution < -0.4 is 9.64 Å². The van der Waals surface area contributed by atoms with E-state index >= 15 is 0 Å². The standard InChI is InChI=1S/C36H34F3N3O5/c1-24-31-22-30(47-19-7-18-41(32-10-5-6-17-40-32)34(45)26-8-3-2-4-9-26)16-13-27(31)20-28(21-33(43)44)35(46)42(24)23-25-11-14-29(15-12-25)36(37,38)39/h2-6,8-17,22,24,28H,7,18-21,23H2,1H3,(H,43,44). The molecule has 2 heterocycles. The molecule has 0 fully saturated rings. The van der Waals surface area contributed by atoms with Crippen molar-refractivity contribution >= 4 is 23.6 Å². The number of alkyl halides is 3. The van der Waals surface area contributed by atoms with Gasteiger partial charge < -0.3 is 14.7 Å². The molecule has 1 aromatic heterocycles.